The van der Waals surface area contributed by atoms with E-state index < -0.39 is 0 Å². The Morgan fingerprint density at radius 2 is 2.24 bits per heavy atom. The summed E-state index contributed by atoms with van der Waals surface area (Å²) >= 11 is 0. The highest BCUT2D eigenvalue weighted by molar-refractivity contribution is 5.73. The van der Waals surface area contributed by atoms with Crippen LogP contribution < -0.4 is 0 Å². The Morgan fingerprint density at radius 1 is 1.38 bits per heavy atom. The van der Waals surface area contributed by atoms with E-state index in [-0.39, 0.29) is 5.91 Å². The predicted octanol–water partition coefficient (Wildman–Crippen LogP) is 1.67. The Hall–Kier alpha value is -2.24. The molecule has 1 unspecified atom stereocenters. The molecule has 6 heteroatoms. The van der Waals surface area contributed by atoms with Gasteiger partial charge in [-0.3, -0.25) is 19.9 Å². The summed E-state index contributed by atoms with van der Waals surface area (Å²) in [6.45, 7) is 3.33. The molecule has 6 nitrogen and oxygen atoms in total. The quantitative estimate of drug-likeness (QED) is 0.930. The van der Waals surface area contributed by atoms with Crippen LogP contribution in [0.15, 0.2) is 24.7 Å². The van der Waals surface area contributed by atoms with Gasteiger partial charge in [0, 0.05) is 38.6 Å². The normalized spacial score (nSPS) is 18.7. The van der Waals surface area contributed by atoms with Crippen molar-refractivity contribution >= 4 is 5.91 Å². The smallest absolute Gasteiger partial charge is 0.219 e. The van der Waals surface area contributed by atoms with E-state index in [2.05, 4.69) is 20.2 Å². The molecule has 1 saturated heterocycles. The van der Waals surface area contributed by atoms with Gasteiger partial charge in [0.2, 0.25) is 5.91 Å². The number of carbonyl (C=O) groups excluding carboxylic acids is 1. The molecule has 0 radical (unpaired) electrons. The first kappa shape index (κ1) is 13.7. The number of piperidine rings is 1. The number of hydrogen-bond donors (Lipinski definition) is 1. The van der Waals surface area contributed by atoms with Gasteiger partial charge in [-0.25, -0.2) is 0 Å². The number of nitrogens with one attached hydrogen (secondary N) is 1. The molecule has 0 spiro atoms. The van der Waals surface area contributed by atoms with E-state index in [1.165, 1.54) is 0 Å². The van der Waals surface area contributed by atoms with Crippen molar-refractivity contribution in [2.45, 2.75) is 26.2 Å². The van der Waals surface area contributed by atoms with Crippen LogP contribution in [0.25, 0.3) is 11.4 Å². The molecule has 110 valence electrons. The van der Waals surface area contributed by atoms with Gasteiger partial charge >= 0.3 is 0 Å². The van der Waals surface area contributed by atoms with Gasteiger partial charge in [-0.1, -0.05) is 0 Å². The highest BCUT2D eigenvalue weighted by Gasteiger charge is 2.23. The summed E-state index contributed by atoms with van der Waals surface area (Å²) in [5, 5.41) is 6.92. The number of carbonyl (C=O) groups is 1. The third-order valence-electron chi connectivity index (χ3n) is 3.98. The topological polar surface area (TPSA) is 74.8 Å². The van der Waals surface area contributed by atoms with Crippen LogP contribution in [0.1, 0.15) is 25.5 Å². The lowest BCUT2D eigenvalue weighted by atomic mass is 9.92. The number of aromatic nitrogens is 4. The van der Waals surface area contributed by atoms with Gasteiger partial charge in [-0.05, 0) is 31.2 Å². The lowest BCUT2D eigenvalue weighted by molar-refractivity contribution is -0.130. The minimum atomic E-state index is 0.160. The van der Waals surface area contributed by atoms with E-state index in [9.17, 15) is 4.79 Å². The second-order valence-electron chi connectivity index (χ2n) is 5.50. The maximum Gasteiger partial charge on any atom is 0.219 e. The van der Waals surface area contributed by atoms with Crippen molar-refractivity contribution in [3.8, 4) is 11.4 Å². The highest BCUT2D eigenvalue weighted by Crippen LogP contribution is 2.24. The van der Waals surface area contributed by atoms with Crippen molar-refractivity contribution < 1.29 is 4.79 Å². The first-order valence-electron chi connectivity index (χ1n) is 7.29. The van der Waals surface area contributed by atoms with E-state index in [0.717, 1.165) is 49.4 Å². The second-order valence-corrected chi connectivity index (χ2v) is 5.50. The van der Waals surface area contributed by atoms with E-state index in [1.807, 2.05) is 11.0 Å². The molecule has 1 aliphatic heterocycles. The first-order chi connectivity index (χ1) is 10.2. The van der Waals surface area contributed by atoms with E-state index in [4.69, 9.17) is 0 Å². The molecule has 0 saturated carbocycles. The average molecular weight is 285 g/mol. The van der Waals surface area contributed by atoms with Crippen LogP contribution in [0, 0.1) is 5.92 Å². The largest absolute Gasteiger partial charge is 0.343 e. The summed E-state index contributed by atoms with van der Waals surface area (Å²) in [7, 11) is 0. The minimum Gasteiger partial charge on any atom is -0.343 e. The van der Waals surface area contributed by atoms with Gasteiger partial charge in [0.1, 0.15) is 5.69 Å². The molecular weight excluding hydrogens is 266 g/mol. The zero-order chi connectivity index (χ0) is 14.7. The van der Waals surface area contributed by atoms with E-state index >= 15 is 0 Å². The van der Waals surface area contributed by atoms with E-state index in [1.54, 1.807) is 25.5 Å². The molecule has 1 atom stereocenters. The monoisotopic (exact) mass is 285 g/mol. The van der Waals surface area contributed by atoms with Crippen molar-refractivity contribution in [2.75, 3.05) is 13.1 Å². The zero-order valence-corrected chi connectivity index (χ0v) is 12.1. The number of H-pyrrole nitrogens is 1. The summed E-state index contributed by atoms with van der Waals surface area (Å²) < 4.78 is 0. The van der Waals surface area contributed by atoms with Gasteiger partial charge in [-0.2, -0.15) is 5.10 Å². The van der Waals surface area contributed by atoms with Crippen LogP contribution in [-0.4, -0.2) is 44.1 Å². The molecule has 0 aliphatic carbocycles. The van der Waals surface area contributed by atoms with Gasteiger partial charge < -0.3 is 4.90 Å². The van der Waals surface area contributed by atoms with Crippen molar-refractivity contribution in [1.82, 2.24) is 25.1 Å². The van der Waals surface area contributed by atoms with Gasteiger partial charge in [0.05, 0.1) is 11.4 Å². The number of rotatable bonds is 3. The molecule has 1 aliphatic rings. The predicted molar refractivity (Wildman–Crippen MR) is 78.3 cm³/mol. The van der Waals surface area contributed by atoms with Crippen LogP contribution in [0.2, 0.25) is 0 Å². The van der Waals surface area contributed by atoms with Gasteiger partial charge in [0.25, 0.3) is 0 Å². The molecule has 1 fully saturated rings. The molecule has 0 bridgehead atoms. The number of likely N-dealkylation sites (tertiary alicyclic amines) is 1. The van der Waals surface area contributed by atoms with Crippen LogP contribution in [0.5, 0.6) is 0 Å². The third-order valence-corrected chi connectivity index (χ3v) is 3.98. The molecule has 3 heterocycles. The maximum absolute atomic E-state index is 11.5. The Labute approximate surface area is 123 Å². The van der Waals surface area contributed by atoms with Gasteiger partial charge in [-0.15, -0.1) is 0 Å². The fraction of sp³-hybridized carbons (Fsp3) is 0.467. The van der Waals surface area contributed by atoms with Crippen molar-refractivity contribution in [2.24, 2.45) is 5.92 Å². The zero-order valence-electron chi connectivity index (χ0n) is 12.1. The summed E-state index contributed by atoms with van der Waals surface area (Å²) in [6.07, 6.45) is 8.16. The fourth-order valence-corrected chi connectivity index (χ4v) is 2.92. The average Bonchev–Trinajstić information content (AvgIpc) is 3.02. The lowest BCUT2D eigenvalue weighted by Crippen LogP contribution is -2.39. The molecule has 2 aromatic rings. The molecule has 21 heavy (non-hydrogen) atoms. The first-order valence-corrected chi connectivity index (χ1v) is 7.29. The summed E-state index contributed by atoms with van der Waals surface area (Å²) in [4.78, 5) is 22.4. The Morgan fingerprint density at radius 3 is 3.00 bits per heavy atom. The van der Waals surface area contributed by atoms with Crippen LogP contribution in [-0.2, 0) is 11.2 Å². The van der Waals surface area contributed by atoms with Crippen molar-refractivity contribution in [3.05, 3.63) is 30.4 Å². The van der Waals surface area contributed by atoms with Crippen molar-refractivity contribution in [3.63, 3.8) is 0 Å². The van der Waals surface area contributed by atoms with Crippen molar-refractivity contribution in [1.29, 1.82) is 0 Å². The number of aromatic amines is 1. The standard InChI is InChI=1S/C15H19N5O/c1-11(21)20-8-2-3-12(10-20)9-14-15(17-7-6-16-14)13-4-5-18-19-13/h4-7,12H,2-3,8-10H2,1H3,(H,18,19). The molecule has 0 aromatic carbocycles. The molecule has 3 rings (SSSR count). The summed E-state index contributed by atoms with van der Waals surface area (Å²) in [5.41, 5.74) is 2.71. The molecule has 2 aromatic heterocycles. The fourth-order valence-electron chi connectivity index (χ4n) is 2.92. The molecule has 1 amide bonds. The maximum atomic E-state index is 11.5. The Balaban J connectivity index is 1.77. The van der Waals surface area contributed by atoms with Gasteiger partial charge in [0.15, 0.2) is 0 Å². The third kappa shape index (κ3) is 3.09. The molecule has 1 N–H and O–H groups in total. The second kappa shape index (κ2) is 6.03. The highest BCUT2D eigenvalue weighted by atomic mass is 16.2. The lowest BCUT2D eigenvalue weighted by Gasteiger charge is -2.32. The Bertz CT molecular complexity index is 610. The summed E-state index contributed by atoms with van der Waals surface area (Å²) in [5.74, 6) is 0.605. The molecular formula is C15H19N5O. The number of hydrogen-bond acceptors (Lipinski definition) is 4. The number of nitrogens with zero attached hydrogens (tertiary/aromatic N) is 4. The van der Waals surface area contributed by atoms with Crippen LogP contribution in [0.4, 0.5) is 0 Å². The minimum absolute atomic E-state index is 0.160. The number of amides is 1. The Kier molecular flexibility index (Phi) is 3.94. The van der Waals surface area contributed by atoms with Crippen LogP contribution >= 0.6 is 0 Å². The summed E-state index contributed by atoms with van der Waals surface area (Å²) in [6, 6.07) is 1.90. The van der Waals surface area contributed by atoms with E-state index in [0.29, 0.717) is 5.92 Å². The van der Waals surface area contributed by atoms with Crippen LogP contribution in [0.3, 0.4) is 0 Å². The SMILES string of the molecule is CC(=O)N1CCCC(Cc2nccnc2-c2ccn[nH]2)C1.